The van der Waals surface area contributed by atoms with Crippen LogP contribution >= 0.6 is 0 Å². The summed E-state index contributed by atoms with van der Waals surface area (Å²) in [5.41, 5.74) is 5.25. The SMILES string of the molecule is COc1ncnc(OC2CC(N)C2)c1[N+](=O)[O-]. The van der Waals surface area contributed by atoms with Gasteiger partial charge in [-0.2, -0.15) is 9.97 Å². The van der Waals surface area contributed by atoms with Crippen molar-refractivity contribution in [2.24, 2.45) is 5.73 Å². The highest BCUT2D eigenvalue weighted by atomic mass is 16.6. The van der Waals surface area contributed by atoms with Crippen molar-refractivity contribution in [3.8, 4) is 11.8 Å². The summed E-state index contributed by atoms with van der Waals surface area (Å²) in [6.45, 7) is 0. The molecule has 1 aliphatic rings. The Labute approximate surface area is 96.9 Å². The lowest BCUT2D eigenvalue weighted by atomic mass is 9.90. The first kappa shape index (κ1) is 11.5. The molecule has 0 saturated heterocycles. The topological polar surface area (TPSA) is 113 Å². The van der Waals surface area contributed by atoms with Crippen LogP contribution in [0.5, 0.6) is 11.8 Å². The van der Waals surface area contributed by atoms with Gasteiger partial charge in [0.2, 0.25) is 0 Å². The van der Waals surface area contributed by atoms with Gasteiger partial charge in [-0.1, -0.05) is 0 Å². The number of hydrogen-bond donors (Lipinski definition) is 1. The Hall–Kier alpha value is -1.96. The number of nitrogens with zero attached hydrogens (tertiary/aromatic N) is 3. The summed E-state index contributed by atoms with van der Waals surface area (Å²) in [4.78, 5) is 17.7. The fraction of sp³-hybridized carbons (Fsp3) is 0.556. The molecule has 1 aromatic rings. The van der Waals surface area contributed by atoms with Gasteiger partial charge in [-0.25, -0.2) is 0 Å². The molecule has 0 radical (unpaired) electrons. The van der Waals surface area contributed by atoms with Crippen molar-refractivity contribution in [1.82, 2.24) is 9.97 Å². The molecule has 1 aromatic heterocycles. The number of methoxy groups -OCH3 is 1. The van der Waals surface area contributed by atoms with Gasteiger partial charge in [-0.3, -0.25) is 10.1 Å². The van der Waals surface area contributed by atoms with E-state index < -0.39 is 4.92 Å². The Morgan fingerprint density at radius 2 is 2.12 bits per heavy atom. The van der Waals surface area contributed by atoms with Crippen LogP contribution in [0.2, 0.25) is 0 Å². The zero-order valence-corrected chi connectivity index (χ0v) is 9.20. The van der Waals surface area contributed by atoms with Crippen molar-refractivity contribution < 1.29 is 14.4 Å². The van der Waals surface area contributed by atoms with E-state index in [0.29, 0.717) is 12.8 Å². The second kappa shape index (κ2) is 4.50. The summed E-state index contributed by atoms with van der Waals surface area (Å²) in [6.07, 6.45) is 2.38. The van der Waals surface area contributed by atoms with Crippen molar-refractivity contribution in [3.63, 3.8) is 0 Å². The Kier molecular flexibility index (Phi) is 3.05. The summed E-state index contributed by atoms with van der Waals surface area (Å²) in [5, 5.41) is 10.9. The minimum absolute atomic E-state index is 0.0706. The van der Waals surface area contributed by atoms with E-state index in [1.165, 1.54) is 13.4 Å². The largest absolute Gasteiger partial charge is 0.476 e. The van der Waals surface area contributed by atoms with Gasteiger partial charge in [-0.05, 0) is 12.8 Å². The third-order valence-corrected chi connectivity index (χ3v) is 2.54. The standard InChI is InChI=1S/C9H12N4O4/c1-16-8-7(13(14)15)9(12-4-11-8)17-6-2-5(10)3-6/h4-6H,2-3,10H2,1H3. The van der Waals surface area contributed by atoms with Crippen LogP contribution < -0.4 is 15.2 Å². The maximum atomic E-state index is 10.9. The Morgan fingerprint density at radius 1 is 1.47 bits per heavy atom. The molecular formula is C9H12N4O4. The number of ether oxygens (including phenoxy) is 2. The summed E-state index contributed by atoms with van der Waals surface area (Å²) < 4.78 is 10.2. The van der Waals surface area contributed by atoms with Crippen LogP contribution in [-0.2, 0) is 0 Å². The van der Waals surface area contributed by atoms with E-state index in [0.717, 1.165) is 0 Å². The summed E-state index contributed by atoms with van der Waals surface area (Å²) in [5.74, 6) is -0.178. The number of rotatable bonds is 4. The molecule has 8 nitrogen and oxygen atoms in total. The van der Waals surface area contributed by atoms with Crippen LogP contribution in [0.3, 0.4) is 0 Å². The number of aromatic nitrogens is 2. The monoisotopic (exact) mass is 240 g/mol. The molecule has 2 rings (SSSR count). The van der Waals surface area contributed by atoms with E-state index >= 15 is 0 Å². The quantitative estimate of drug-likeness (QED) is 0.593. The smallest absolute Gasteiger partial charge is 0.392 e. The molecule has 0 bridgehead atoms. The van der Waals surface area contributed by atoms with Gasteiger partial charge in [0, 0.05) is 6.04 Å². The minimum atomic E-state index is -0.618. The lowest BCUT2D eigenvalue weighted by Gasteiger charge is -2.31. The maximum absolute atomic E-state index is 10.9. The molecule has 0 aliphatic heterocycles. The van der Waals surface area contributed by atoms with Gasteiger partial charge in [0.25, 0.3) is 0 Å². The van der Waals surface area contributed by atoms with Gasteiger partial charge in [0.05, 0.1) is 12.0 Å². The predicted molar refractivity (Wildman–Crippen MR) is 56.9 cm³/mol. The van der Waals surface area contributed by atoms with E-state index in [2.05, 4.69) is 9.97 Å². The van der Waals surface area contributed by atoms with Crippen molar-refractivity contribution in [2.45, 2.75) is 25.0 Å². The molecule has 17 heavy (non-hydrogen) atoms. The average Bonchev–Trinajstić information content (AvgIpc) is 2.26. The van der Waals surface area contributed by atoms with Crippen LogP contribution in [0, 0.1) is 10.1 Å². The lowest BCUT2D eigenvalue weighted by Crippen LogP contribution is -2.43. The van der Waals surface area contributed by atoms with Crippen LogP contribution in [-0.4, -0.2) is 34.1 Å². The number of hydrogen-bond acceptors (Lipinski definition) is 7. The second-order valence-electron chi connectivity index (χ2n) is 3.77. The molecule has 8 heteroatoms. The van der Waals surface area contributed by atoms with Gasteiger partial charge >= 0.3 is 17.4 Å². The first-order valence-electron chi connectivity index (χ1n) is 5.07. The molecule has 1 heterocycles. The molecule has 1 saturated carbocycles. The average molecular weight is 240 g/mol. The molecule has 1 fully saturated rings. The highest BCUT2D eigenvalue weighted by Gasteiger charge is 2.32. The highest BCUT2D eigenvalue weighted by Crippen LogP contribution is 2.35. The van der Waals surface area contributed by atoms with Crippen molar-refractivity contribution in [1.29, 1.82) is 0 Å². The van der Waals surface area contributed by atoms with Crippen LogP contribution in [0.15, 0.2) is 6.33 Å². The Bertz CT molecular complexity index is 433. The van der Waals surface area contributed by atoms with Crippen molar-refractivity contribution in [3.05, 3.63) is 16.4 Å². The van der Waals surface area contributed by atoms with E-state index in [4.69, 9.17) is 15.2 Å². The molecule has 0 atom stereocenters. The zero-order chi connectivity index (χ0) is 12.4. The molecule has 2 N–H and O–H groups in total. The summed E-state index contributed by atoms with van der Waals surface area (Å²) in [7, 11) is 1.30. The van der Waals surface area contributed by atoms with E-state index in [1.54, 1.807) is 0 Å². The third-order valence-electron chi connectivity index (χ3n) is 2.54. The molecular weight excluding hydrogens is 228 g/mol. The number of nitrogens with two attached hydrogens (primary N) is 1. The van der Waals surface area contributed by atoms with Crippen molar-refractivity contribution in [2.75, 3.05) is 7.11 Å². The molecule has 0 aromatic carbocycles. The maximum Gasteiger partial charge on any atom is 0.392 e. The first-order valence-corrected chi connectivity index (χ1v) is 5.07. The third kappa shape index (κ3) is 2.26. The Balaban J connectivity index is 2.23. The van der Waals surface area contributed by atoms with E-state index in [-0.39, 0.29) is 29.6 Å². The number of nitro groups is 1. The van der Waals surface area contributed by atoms with Gasteiger partial charge < -0.3 is 15.2 Å². The van der Waals surface area contributed by atoms with Gasteiger partial charge in [0.15, 0.2) is 0 Å². The second-order valence-corrected chi connectivity index (χ2v) is 3.77. The van der Waals surface area contributed by atoms with Crippen LogP contribution in [0.4, 0.5) is 5.69 Å². The van der Waals surface area contributed by atoms with Crippen molar-refractivity contribution >= 4 is 5.69 Å². The van der Waals surface area contributed by atoms with Gasteiger partial charge in [0.1, 0.15) is 12.4 Å². The Morgan fingerprint density at radius 3 is 2.65 bits per heavy atom. The van der Waals surface area contributed by atoms with Crippen LogP contribution in [0.25, 0.3) is 0 Å². The molecule has 1 aliphatic carbocycles. The van der Waals surface area contributed by atoms with Gasteiger partial charge in [-0.15, -0.1) is 0 Å². The molecule has 92 valence electrons. The molecule has 0 spiro atoms. The fourth-order valence-electron chi connectivity index (χ4n) is 1.60. The normalized spacial score (nSPS) is 22.7. The first-order chi connectivity index (χ1) is 8.11. The zero-order valence-electron chi connectivity index (χ0n) is 9.20. The summed E-state index contributed by atoms with van der Waals surface area (Å²) >= 11 is 0. The molecule has 0 amide bonds. The lowest BCUT2D eigenvalue weighted by molar-refractivity contribution is -0.387. The predicted octanol–water partition coefficient (Wildman–Crippen LogP) is 0.262. The summed E-state index contributed by atoms with van der Waals surface area (Å²) in [6, 6.07) is 0.0998. The van der Waals surface area contributed by atoms with Crippen LogP contribution in [0.1, 0.15) is 12.8 Å². The highest BCUT2D eigenvalue weighted by molar-refractivity contribution is 5.49. The fourth-order valence-corrected chi connectivity index (χ4v) is 1.60. The minimum Gasteiger partial charge on any atom is -0.476 e. The van der Waals surface area contributed by atoms with E-state index in [9.17, 15) is 10.1 Å². The van der Waals surface area contributed by atoms with E-state index in [1.807, 2.05) is 0 Å². The molecule has 0 unspecified atom stereocenters.